The number of rotatable bonds is 10. The first-order valence-electron chi connectivity index (χ1n) is 13.0. The van der Waals surface area contributed by atoms with Crippen molar-refractivity contribution in [1.82, 2.24) is 14.3 Å². The summed E-state index contributed by atoms with van der Waals surface area (Å²) >= 11 is 4.88. The van der Waals surface area contributed by atoms with Crippen LogP contribution in [0.5, 0.6) is 0 Å². The molecule has 0 N–H and O–H groups in total. The van der Waals surface area contributed by atoms with Crippen LogP contribution < -0.4 is 9.99 Å². The number of hydrogen-bond acceptors (Lipinski definition) is 6. The minimum Gasteiger partial charge on any atom is -0.755 e. The molecule has 0 aliphatic rings. The molecule has 0 bridgehead atoms. The minimum absolute atomic E-state index is 0.269. The van der Waals surface area contributed by atoms with Crippen LogP contribution >= 0.6 is 22.9 Å². The highest BCUT2D eigenvalue weighted by atomic mass is 35.5. The van der Waals surface area contributed by atoms with Crippen LogP contribution in [0.25, 0.3) is 16.1 Å². The molecule has 1 atom stereocenters. The summed E-state index contributed by atoms with van der Waals surface area (Å²) in [7, 11) is 0. The molecule has 11 heteroatoms. The number of nitrogens with zero attached hydrogens (tertiary/aromatic N) is 4. The first-order valence-corrected chi connectivity index (χ1v) is 15.3. The molecule has 0 saturated heterocycles. The number of aromatic nitrogens is 3. The Morgan fingerprint density at radius 3 is 2.41 bits per heavy atom. The number of anilines is 1. The molecule has 0 aliphatic heterocycles. The molecule has 0 radical (unpaired) electrons. The average molecular weight is 606 g/mol. The fourth-order valence-corrected chi connectivity index (χ4v) is 6.19. The summed E-state index contributed by atoms with van der Waals surface area (Å²) in [5.74, 6) is 0.0408. The molecule has 0 spiro atoms. The largest absolute Gasteiger partial charge is 0.755 e. The zero-order chi connectivity index (χ0) is 28.9. The molecule has 41 heavy (non-hydrogen) atoms. The molecule has 1 amide bonds. The van der Waals surface area contributed by atoms with Gasteiger partial charge in [-0.25, -0.2) is 9.10 Å². The second-order valence-electron chi connectivity index (χ2n) is 9.27. The third-order valence-electron chi connectivity index (χ3n) is 6.55. The van der Waals surface area contributed by atoms with Crippen LogP contribution in [0.1, 0.15) is 41.5 Å². The fourth-order valence-electron chi connectivity index (χ4n) is 4.47. The molecule has 0 saturated carbocycles. The first kappa shape index (κ1) is 28.7. The number of carbonyl (C=O) groups excluding carboxylic acids is 1. The second-order valence-corrected chi connectivity index (χ2v) is 11.4. The van der Waals surface area contributed by atoms with E-state index in [-0.39, 0.29) is 16.9 Å². The Bertz CT molecular complexity index is 1750. The lowest BCUT2D eigenvalue weighted by atomic mass is 10.1. The summed E-state index contributed by atoms with van der Waals surface area (Å²) in [6.07, 6.45) is 2.50. The second kappa shape index (κ2) is 12.8. The van der Waals surface area contributed by atoms with Gasteiger partial charge in [0.25, 0.3) is 5.91 Å². The van der Waals surface area contributed by atoms with Gasteiger partial charge in [0.1, 0.15) is 5.82 Å². The Morgan fingerprint density at radius 1 is 1.02 bits per heavy atom. The SMILES string of the molecule is CCCCc1nn(-c2ccccc2Cl)c(=O)n1Cc1ccc(-c2sccc2N(C(=O)c2ccccc2)S(=O)[O-])cc1. The molecule has 210 valence electrons. The smallest absolute Gasteiger partial charge is 0.351 e. The van der Waals surface area contributed by atoms with Crippen molar-refractivity contribution in [2.45, 2.75) is 32.7 Å². The summed E-state index contributed by atoms with van der Waals surface area (Å²) < 4.78 is 28.1. The van der Waals surface area contributed by atoms with E-state index in [1.54, 1.807) is 64.5 Å². The molecule has 8 nitrogen and oxygen atoms in total. The Labute approximate surface area is 248 Å². The number of benzene rings is 3. The highest BCUT2D eigenvalue weighted by Gasteiger charge is 2.23. The summed E-state index contributed by atoms with van der Waals surface area (Å²) in [6.45, 7) is 2.39. The number of thiophene rings is 1. The standard InChI is InChI=1S/C30H27ClN4O4S2/c1-2-3-13-27-32-34(25-12-8-7-11-24(25)31)30(37)33(27)20-21-14-16-22(17-15-21)28-26(18-19-40-28)35(41(38)39)29(36)23-9-5-4-6-10-23/h4-12,14-19H,2-3,13,20H2,1H3,(H,38,39)/p-1. The molecule has 5 aromatic rings. The van der Waals surface area contributed by atoms with Gasteiger partial charge in [0.15, 0.2) is 0 Å². The summed E-state index contributed by atoms with van der Waals surface area (Å²) in [5.41, 5.74) is 2.42. The summed E-state index contributed by atoms with van der Waals surface area (Å²) in [4.78, 5) is 27.2. The molecule has 0 fully saturated rings. The van der Waals surface area contributed by atoms with Gasteiger partial charge in [-0.2, -0.15) is 4.68 Å². The molecule has 5 rings (SSSR count). The van der Waals surface area contributed by atoms with E-state index in [9.17, 15) is 18.4 Å². The van der Waals surface area contributed by atoms with Crippen LogP contribution in [-0.2, 0) is 24.2 Å². The van der Waals surface area contributed by atoms with E-state index >= 15 is 0 Å². The first-order chi connectivity index (χ1) is 19.9. The lowest BCUT2D eigenvalue weighted by Gasteiger charge is -2.24. The van der Waals surface area contributed by atoms with Crippen molar-refractivity contribution in [3.63, 3.8) is 0 Å². The molecule has 3 aromatic carbocycles. The predicted molar refractivity (Wildman–Crippen MR) is 162 cm³/mol. The van der Waals surface area contributed by atoms with E-state index < -0.39 is 17.2 Å². The monoisotopic (exact) mass is 605 g/mol. The Kier molecular flexibility index (Phi) is 8.94. The van der Waals surface area contributed by atoms with Crippen molar-refractivity contribution < 1.29 is 13.6 Å². The topological polar surface area (TPSA) is 100 Å². The van der Waals surface area contributed by atoms with E-state index in [1.807, 2.05) is 30.3 Å². The molecular weight excluding hydrogens is 580 g/mol. The Balaban J connectivity index is 1.45. The van der Waals surface area contributed by atoms with Gasteiger partial charge in [0.05, 0.1) is 39.1 Å². The van der Waals surface area contributed by atoms with Gasteiger partial charge in [-0.05, 0) is 53.3 Å². The van der Waals surface area contributed by atoms with E-state index in [4.69, 9.17) is 11.6 Å². The van der Waals surface area contributed by atoms with Crippen LogP contribution in [0.4, 0.5) is 5.69 Å². The van der Waals surface area contributed by atoms with Crippen molar-refractivity contribution >= 4 is 45.8 Å². The molecule has 0 aliphatic carbocycles. The van der Waals surface area contributed by atoms with Crippen molar-refractivity contribution in [3.8, 4) is 16.1 Å². The van der Waals surface area contributed by atoms with Crippen LogP contribution in [0.2, 0.25) is 5.02 Å². The van der Waals surface area contributed by atoms with Crippen LogP contribution in [0.15, 0.2) is 95.1 Å². The zero-order valence-corrected chi connectivity index (χ0v) is 24.5. The fraction of sp³-hybridized carbons (Fsp3) is 0.167. The molecular formula is C30H26ClN4O4S2-. The summed E-state index contributed by atoms with van der Waals surface area (Å²) in [5, 5.41) is 6.80. The quantitative estimate of drug-likeness (QED) is 0.175. The Morgan fingerprint density at radius 2 is 1.73 bits per heavy atom. The molecule has 2 aromatic heterocycles. The number of amides is 1. The number of carbonyl (C=O) groups is 1. The van der Waals surface area contributed by atoms with E-state index in [1.165, 1.54) is 16.0 Å². The minimum atomic E-state index is -2.82. The zero-order valence-electron chi connectivity index (χ0n) is 22.1. The van der Waals surface area contributed by atoms with Gasteiger partial charge in [0, 0.05) is 12.0 Å². The van der Waals surface area contributed by atoms with Crippen molar-refractivity contribution in [2.75, 3.05) is 4.31 Å². The van der Waals surface area contributed by atoms with Crippen molar-refractivity contribution in [3.05, 3.63) is 123 Å². The third kappa shape index (κ3) is 6.11. The maximum Gasteiger partial charge on any atom is 0.351 e. The van der Waals surface area contributed by atoms with Crippen LogP contribution in [0.3, 0.4) is 0 Å². The van der Waals surface area contributed by atoms with E-state index in [0.29, 0.717) is 34.4 Å². The van der Waals surface area contributed by atoms with Gasteiger partial charge < -0.3 is 4.55 Å². The molecule has 1 unspecified atom stereocenters. The van der Waals surface area contributed by atoms with Crippen LogP contribution in [-0.4, -0.2) is 29.0 Å². The normalized spacial score (nSPS) is 11.9. The van der Waals surface area contributed by atoms with Gasteiger partial charge in [0.2, 0.25) is 0 Å². The van der Waals surface area contributed by atoms with Crippen molar-refractivity contribution in [1.29, 1.82) is 0 Å². The lowest BCUT2D eigenvalue weighted by molar-refractivity contribution is 0.100. The maximum absolute atomic E-state index is 13.4. The lowest BCUT2D eigenvalue weighted by Crippen LogP contribution is -2.32. The van der Waals surface area contributed by atoms with Gasteiger partial charge in [-0.1, -0.05) is 79.5 Å². The van der Waals surface area contributed by atoms with E-state index in [2.05, 4.69) is 12.0 Å². The van der Waals surface area contributed by atoms with Gasteiger partial charge in [-0.15, -0.1) is 16.4 Å². The van der Waals surface area contributed by atoms with Crippen LogP contribution in [0, 0.1) is 0 Å². The highest BCUT2D eigenvalue weighted by Crippen LogP contribution is 2.37. The van der Waals surface area contributed by atoms with Crippen molar-refractivity contribution in [2.24, 2.45) is 0 Å². The average Bonchev–Trinajstić information content (AvgIpc) is 3.58. The third-order valence-corrected chi connectivity index (χ3v) is 8.48. The number of para-hydroxylation sites is 1. The van der Waals surface area contributed by atoms with E-state index in [0.717, 1.165) is 28.3 Å². The summed E-state index contributed by atoms with van der Waals surface area (Å²) in [6, 6.07) is 24.5. The number of unbranched alkanes of at least 4 members (excludes halogenated alkanes) is 1. The Hall–Kier alpha value is -3.83. The van der Waals surface area contributed by atoms with Gasteiger partial charge in [-0.3, -0.25) is 13.6 Å². The maximum atomic E-state index is 13.4. The number of aryl methyl sites for hydroxylation is 1. The number of halogens is 1. The molecule has 2 heterocycles. The predicted octanol–water partition coefficient (Wildman–Crippen LogP) is 6.25. The van der Waals surface area contributed by atoms with Gasteiger partial charge >= 0.3 is 5.69 Å². The highest BCUT2D eigenvalue weighted by molar-refractivity contribution is 7.81. The number of hydrogen-bond donors (Lipinski definition) is 0.